The Morgan fingerprint density at radius 3 is 2.49 bits per heavy atom. The predicted octanol–water partition coefficient (Wildman–Crippen LogP) is 3.98. The highest BCUT2D eigenvalue weighted by atomic mass is 16.2. The fourth-order valence-electron chi connectivity index (χ4n) is 5.18. The van der Waals surface area contributed by atoms with Crippen LogP contribution in [0, 0.1) is 5.41 Å². The molecule has 3 aromatic rings. The molecule has 1 aromatic heterocycles. The molecular weight excluding hydrogens is 438 g/mol. The van der Waals surface area contributed by atoms with Crippen molar-refractivity contribution in [1.82, 2.24) is 9.88 Å². The number of nitrogen functional groups attached to an aromatic ring is 1. The van der Waals surface area contributed by atoms with Crippen LogP contribution < -0.4 is 16.0 Å². The molecule has 2 aromatic carbocycles. The minimum absolute atomic E-state index is 0.130. The Morgan fingerprint density at radius 1 is 0.943 bits per heavy atom. The maximum atomic E-state index is 12.8. The second kappa shape index (κ2) is 9.78. The molecule has 3 N–H and O–H groups in total. The Morgan fingerprint density at radius 2 is 1.71 bits per heavy atom. The van der Waals surface area contributed by atoms with Gasteiger partial charge in [-0.25, -0.2) is 4.98 Å². The highest BCUT2D eigenvalue weighted by Crippen LogP contribution is 2.41. The summed E-state index contributed by atoms with van der Waals surface area (Å²) in [7, 11) is 0. The lowest BCUT2D eigenvalue weighted by molar-refractivity contribution is -0.130. The number of likely N-dealkylation sites (tertiary alicyclic amines) is 1. The number of carbonyl (C=O) groups excluding carboxylic acids is 2. The Balaban J connectivity index is 1.15. The van der Waals surface area contributed by atoms with Crippen molar-refractivity contribution < 1.29 is 9.59 Å². The van der Waals surface area contributed by atoms with Crippen molar-refractivity contribution in [1.29, 1.82) is 0 Å². The van der Waals surface area contributed by atoms with Gasteiger partial charge in [0, 0.05) is 44.2 Å². The standard InChI is InChI=1S/C28H31N5O2/c29-23-8-4-5-9-24(23)31-27(35)22-11-12-25(30-18-22)32-16-14-28(19-32)15-17-33(20-28)26(34)13-10-21-6-2-1-3-7-21/h1-9,11-12,18H,10,13-17,19-20,29H2,(H,31,35). The van der Waals surface area contributed by atoms with E-state index < -0.39 is 0 Å². The summed E-state index contributed by atoms with van der Waals surface area (Å²) in [5.41, 5.74) is 8.86. The zero-order valence-electron chi connectivity index (χ0n) is 19.8. The van der Waals surface area contributed by atoms with Crippen molar-refractivity contribution in [2.75, 3.05) is 42.1 Å². The van der Waals surface area contributed by atoms with E-state index in [0.29, 0.717) is 23.4 Å². The zero-order chi connectivity index (χ0) is 24.3. The summed E-state index contributed by atoms with van der Waals surface area (Å²) < 4.78 is 0. The highest BCUT2D eigenvalue weighted by Gasteiger charge is 2.44. The largest absolute Gasteiger partial charge is 0.397 e. The van der Waals surface area contributed by atoms with Crippen LogP contribution in [-0.2, 0) is 11.2 Å². The molecule has 0 aliphatic carbocycles. The quantitative estimate of drug-likeness (QED) is 0.533. The molecule has 2 aliphatic rings. The number of benzene rings is 2. The van der Waals surface area contributed by atoms with Crippen LogP contribution in [0.4, 0.5) is 17.2 Å². The lowest BCUT2D eigenvalue weighted by Crippen LogP contribution is -2.34. The maximum Gasteiger partial charge on any atom is 0.257 e. The molecule has 2 aliphatic heterocycles. The molecule has 7 heteroatoms. The number of aromatic nitrogens is 1. The monoisotopic (exact) mass is 469 g/mol. The molecule has 0 saturated carbocycles. The fraction of sp³-hybridized carbons (Fsp3) is 0.321. The third-order valence-corrected chi connectivity index (χ3v) is 7.24. The van der Waals surface area contributed by atoms with Gasteiger partial charge in [-0.15, -0.1) is 0 Å². The normalized spacial score (nSPS) is 19.3. The van der Waals surface area contributed by atoms with Crippen molar-refractivity contribution in [2.45, 2.75) is 25.7 Å². The van der Waals surface area contributed by atoms with Crippen LogP contribution in [0.5, 0.6) is 0 Å². The van der Waals surface area contributed by atoms with E-state index in [9.17, 15) is 9.59 Å². The summed E-state index contributed by atoms with van der Waals surface area (Å²) in [5, 5.41) is 2.84. The number of pyridine rings is 1. The SMILES string of the molecule is Nc1ccccc1NC(=O)c1ccc(N2CCC3(CCN(C(=O)CCc4ccccc4)C3)C2)nc1. The van der Waals surface area contributed by atoms with Crippen LogP contribution in [0.1, 0.15) is 35.2 Å². The fourth-order valence-corrected chi connectivity index (χ4v) is 5.18. The van der Waals surface area contributed by atoms with Crippen LogP contribution >= 0.6 is 0 Å². The lowest BCUT2D eigenvalue weighted by Gasteiger charge is -2.25. The van der Waals surface area contributed by atoms with E-state index in [2.05, 4.69) is 27.3 Å². The number of para-hydroxylation sites is 2. The highest BCUT2D eigenvalue weighted by molar-refractivity contribution is 6.05. The molecule has 2 fully saturated rings. The number of nitrogens with one attached hydrogen (secondary N) is 1. The molecular formula is C28H31N5O2. The number of aryl methyl sites for hydroxylation is 1. The number of hydrogen-bond donors (Lipinski definition) is 2. The topological polar surface area (TPSA) is 91.6 Å². The molecule has 7 nitrogen and oxygen atoms in total. The van der Waals surface area contributed by atoms with Crippen molar-refractivity contribution >= 4 is 29.0 Å². The first-order valence-electron chi connectivity index (χ1n) is 12.2. The van der Waals surface area contributed by atoms with Gasteiger partial charge in [0.15, 0.2) is 0 Å². The molecule has 0 bridgehead atoms. The first-order chi connectivity index (χ1) is 17.0. The van der Waals surface area contributed by atoms with Gasteiger partial charge in [0.25, 0.3) is 5.91 Å². The van der Waals surface area contributed by atoms with Crippen LogP contribution in [0.3, 0.4) is 0 Å². The molecule has 5 rings (SSSR count). The van der Waals surface area contributed by atoms with Crippen LogP contribution in [0.15, 0.2) is 72.9 Å². The van der Waals surface area contributed by atoms with Crippen LogP contribution in [0.25, 0.3) is 0 Å². The summed E-state index contributed by atoms with van der Waals surface area (Å²) in [6, 6.07) is 21.1. The molecule has 2 saturated heterocycles. The van der Waals surface area contributed by atoms with Crippen LogP contribution in [0.2, 0.25) is 0 Å². The van der Waals surface area contributed by atoms with Crippen molar-refractivity contribution in [2.24, 2.45) is 5.41 Å². The number of nitrogens with two attached hydrogens (primary N) is 1. The minimum Gasteiger partial charge on any atom is -0.397 e. The number of amides is 2. The Bertz CT molecular complexity index is 1200. The summed E-state index contributed by atoms with van der Waals surface area (Å²) in [4.78, 5) is 34.3. The number of carbonyl (C=O) groups is 2. The summed E-state index contributed by atoms with van der Waals surface area (Å²) in [6.45, 7) is 3.44. The number of anilines is 3. The minimum atomic E-state index is -0.236. The van der Waals surface area contributed by atoms with Gasteiger partial charge in [-0.3, -0.25) is 9.59 Å². The Labute approximate surface area is 206 Å². The van der Waals surface area contributed by atoms with E-state index >= 15 is 0 Å². The molecule has 1 unspecified atom stereocenters. The first kappa shape index (κ1) is 22.9. The summed E-state index contributed by atoms with van der Waals surface area (Å²) >= 11 is 0. The van der Waals surface area contributed by atoms with Crippen molar-refractivity contribution in [3.05, 3.63) is 84.1 Å². The van der Waals surface area contributed by atoms with E-state index in [-0.39, 0.29) is 17.2 Å². The number of rotatable bonds is 6. The molecule has 3 heterocycles. The first-order valence-corrected chi connectivity index (χ1v) is 12.2. The molecule has 2 amide bonds. The summed E-state index contributed by atoms with van der Waals surface area (Å²) in [6.07, 6.45) is 5.04. The Hall–Kier alpha value is -3.87. The van der Waals surface area contributed by atoms with Gasteiger partial charge in [0.2, 0.25) is 5.91 Å². The zero-order valence-corrected chi connectivity index (χ0v) is 19.8. The number of nitrogens with zero attached hydrogens (tertiary/aromatic N) is 3. The van der Waals surface area contributed by atoms with E-state index in [4.69, 9.17) is 5.73 Å². The van der Waals surface area contributed by atoms with Gasteiger partial charge in [0.1, 0.15) is 5.82 Å². The Kier molecular flexibility index (Phi) is 6.40. The van der Waals surface area contributed by atoms with Gasteiger partial charge >= 0.3 is 0 Å². The van der Waals surface area contributed by atoms with Crippen LogP contribution in [-0.4, -0.2) is 47.9 Å². The third kappa shape index (κ3) is 5.14. The van der Waals surface area contributed by atoms with E-state index in [1.54, 1.807) is 24.4 Å². The second-order valence-electron chi connectivity index (χ2n) is 9.67. The third-order valence-electron chi connectivity index (χ3n) is 7.24. The van der Waals surface area contributed by atoms with E-state index in [1.165, 1.54) is 5.56 Å². The average Bonchev–Trinajstić information content (AvgIpc) is 3.51. The van der Waals surface area contributed by atoms with E-state index in [1.807, 2.05) is 41.3 Å². The lowest BCUT2D eigenvalue weighted by atomic mass is 9.86. The molecule has 0 radical (unpaired) electrons. The predicted molar refractivity (Wildman–Crippen MR) is 138 cm³/mol. The van der Waals surface area contributed by atoms with Gasteiger partial charge < -0.3 is 20.9 Å². The molecule has 1 spiro atoms. The average molecular weight is 470 g/mol. The maximum absolute atomic E-state index is 12.8. The van der Waals surface area contributed by atoms with Crippen molar-refractivity contribution in [3.63, 3.8) is 0 Å². The van der Waals surface area contributed by atoms with Gasteiger partial charge in [-0.2, -0.15) is 0 Å². The molecule has 1 atom stereocenters. The smallest absolute Gasteiger partial charge is 0.257 e. The molecule has 180 valence electrons. The van der Waals surface area contributed by atoms with Gasteiger partial charge in [-0.1, -0.05) is 42.5 Å². The molecule has 35 heavy (non-hydrogen) atoms. The van der Waals surface area contributed by atoms with E-state index in [0.717, 1.165) is 51.3 Å². The van der Waals surface area contributed by atoms with Crippen molar-refractivity contribution in [3.8, 4) is 0 Å². The second-order valence-corrected chi connectivity index (χ2v) is 9.67. The summed E-state index contributed by atoms with van der Waals surface area (Å²) in [5.74, 6) is 0.878. The number of hydrogen-bond acceptors (Lipinski definition) is 5. The van der Waals surface area contributed by atoms with Gasteiger partial charge in [-0.05, 0) is 49.1 Å². The van der Waals surface area contributed by atoms with Gasteiger partial charge in [0.05, 0.1) is 16.9 Å².